The van der Waals surface area contributed by atoms with Crippen molar-refractivity contribution < 1.29 is 4.79 Å². The number of carbonyl (C=O) groups is 1. The zero-order valence-electron chi connectivity index (χ0n) is 16.5. The van der Waals surface area contributed by atoms with E-state index in [4.69, 9.17) is 0 Å². The molecule has 6 nitrogen and oxygen atoms in total. The second-order valence-corrected chi connectivity index (χ2v) is 7.05. The molecule has 1 heterocycles. The van der Waals surface area contributed by atoms with Crippen molar-refractivity contribution in [1.29, 1.82) is 0 Å². The number of benzene rings is 2. The van der Waals surface area contributed by atoms with E-state index in [0.717, 1.165) is 22.2 Å². The number of aromatic nitrogens is 3. The van der Waals surface area contributed by atoms with Gasteiger partial charge in [0, 0.05) is 6.42 Å². The van der Waals surface area contributed by atoms with Crippen molar-refractivity contribution in [1.82, 2.24) is 20.4 Å². The van der Waals surface area contributed by atoms with Crippen molar-refractivity contribution in [2.75, 3.05) is 0 Å². The highest BCUT2D eigenvalue weighted by molar-refractivity contribution is 5.86. The van der Waals surface area contributed by atoms with E-state index in [0.29, 0.717) is 12.5 Å². The third-order valence-corrected chi connectivity index (χ3v) is 4.43. The van der Waals surface area contributed by atoms with E-state index in [1.807, 2.05) is 37.3 Å². The van der Waals surface area contributed by atoms with Crippen LogP contribution in [-0.2, 0) is 11.3 Å². The predicted molar refractivity (Wildman–Crippen MR) is 113 cm³/mol. The van der Waals surface area contributed by atoms with Gasteiger partial charge in [-0.2, -0.15) is 5.10 Å². The summed E-state index contributed by atoms with van der Waals surface area (Å²) in [5, 5.41) is 12.2. The minimum atomic E-state index is -0.162. The normalized spacial score (nSPS) is 12.2. The Kier molecular flexibility index (Phi) is 6.32. The Morgan fingerprint density at radius 3 is 2.68 bits per heavy atom. The summed E-state index contributed by atoms with van der Waals surface area (Å²) >= 11 is 0. The quantitative estimate of drug-likeness (QED) is 0.498. The van der Waals surface area contributed by atoms with Gasteiger partial charge in [-0.05, 0) is 41.7 Å². The molecule has 0 saturated carbocycles. The summed E-state index contributed by atoms with van der Waals surface area (Å²) in [6.45, 7) is 6.76. The van der Waals surface area contributed by atoms with Gasteiger partial charge in [-0.25, -0.2) is 10.1 Å². The number of hydrogen-bond donors (Lipinski definition) is 1. The summed E-state index contributed by atoms with van der Waals surface area (Å²) in [6.07, 6.45) is 3.96. The van der Waals surface area contributed by atoms with Crippen molar-refractivity contribution in [3.05, 3.63) is 65.2 Å². The van der Waals surface area contributed by atoms with Gasteiger partial charge in [-0.15, -0.1) is 5.10 Å². The molecule has 6 heteroatoms. The third kappa shape index (κ3) is 5.13. The number of allylic oxidation sites excluding steroid dienone is 1. The van der Waals surface area contributed by atoms with Gasteiger partial charge in [0.15, 0.2) is 0 Å². The molecule has 0 spiro atoms. The second-order valence-electron chi connectivity index (χ2n) is 7.05. The molecule has 2 aromatic carbocycles. The van der Waals surface area contributed by atoms with Crippen molar-refractivity contribution in [2.24, 2.45) is 5.10 Å². The lowest BCUT2D eigenvalue weighted by Gasteiger charge is -2.05. The van der Waals surface area contributed by atoms with Gasteiger partial charge < -0.3 is 0 Å². The van der Waals surface area contributed by atoms with Crippen molar-refractivity contribution >= 4 is 29.2 Å². The summed E-state index contributed by atoms with van der Waals surface area (Å²) in [4.78, 5) is 12.0. The van der Waals surface area contributed by atoms with Gasteiger partial charge in [0.1, 0.15) is 5.52 Å². The minimum Gasteiger partial charge on any atom is -0.273 e. The van der Waals surface area contributed by atoms with Crippen LogP contribution in [0.5, 0.6) is 0 Å². The molecule has 0 atom stereocenters. The van der Waals surface area contributed by atoms with Crippen molar-refractivity contribution in [2.45, 2.75) is 39.7 Å². The van der Waals surface area contributed by atoms with Crippen LogP contribution in [0.2, 0.25) is 0 Å². The van der Waals surface area contributed by atoms with Crippen LogP contribution < -0.4 is 5.43 Å². The molecule has 0 saturated heterocycles. The largest absolute Gasteiger partial charge is 0.273 e. The first-order chi connectivity index (χ1) is 13.5. The Morgan fingerprint density at radius 2 is 1.93 bits per heavy atom. The molecule has 0 aliphatic carbocycles. The number of nitrogens with one attached hydrogen (secondary N) is 1. The van der Waals surface area contributed by atoms with Crippen molar-refractivity contribution in [3.63, 3.8) is 0 Å². The van der Waals surface area contributed by atoms with Crippen LogP contribution >= 0.6 is 0 Å². The van der Waals surface area contributed by atoms with Crippen LogP contribution in [0.4, 0.5) is 0 Å². The Hall–Kier alpha value is -3.28. The number of rotatable bonds is 7. The fraction of sp³-hybridized carbons (Fsp3) is 0.273. The highest BCUT2D eigenvalue weighted by Gasteiger charge is 2.06. The topological polar surface area (TPSA) is 72.2 Å². The number of amides is 1. The van der Waals surface area contributed by atoms with Crippen LogP contribution in [0, 0.1) is 0 Å². The smallest absolute Gasteiger partial charge is 0.241 e. The van der Waals surface area contributed by atoms with E-state index in [2.05, 4.69) is 59.0 Å². The van der Waals surface area contributed by atoms with E-state index in [1.54, 1.807) is 10.9 Å². The maximum absolute atomic E-state index is 12.0. The lowest BCUT2D eigenvalue weighted by molar-refractivity contribution is -0.121. The maximum atomic E-state index is 12.0. The molecule has 3 aromatic rings. The van der Waals surface area contributed by atoms with Crippen LogP contribution in [0.1, 0.15) is 44.2 Å². The van der Waals surface area contributed by atoms with E-state index in [-0.39, 0.29) is 12.3 Å². The molecule has 0 bridgehead atoms. The first kappa shape index (κ1) is 19.5. The van der Waals surface area contributed by atoms with Gasteiger partial charge >= 0.3 is 0 Å². The standard InChI is InChI=1S/C22H25N5O/c1-16(2)19-10-8-18(9-11-19)14-17(3)15-23-25-22(28)12-13-27-21-7-5-4-6-20(21)24-26-27/h4-11,14-16H,12-13H2,1-3H3,(H,25,28)/b17-14+,23-15-. The molecule has 0 radical (unpaired) electrons. The first-order valence-electron chi connectivity index (χ1n) is 9.41. The Bertz CT molecular complexity index is 999. The van der Waals surface area contributed by atoms with Crippen LogP contribution in [0.3, 0.4) is 0 Å². The summed E-state index contributed by atoms with van der Waals surface area (Å²) in [6, 6.07) is 16.1. The fourth-order valence-corrected chi connectivity index (χ4v) is 2.83. The summed E-state index contributed by atoms with van der Waals surface area (Å²) in [7, 11) is 0. The van der Waals surface area contributed by atoms with E-state index >= 15 is 0 Å². The van der Waals surface area contributed by atoms with E-state index in [1.165, 1.54) is 5.56 Å². The van der Waals surface area contributed by atoms with Gasteiger partial charge in [-0.1, -0.05) is 61.5 Å². The van der Waals surface area contributed by atoms with Crippen LogP contribution in [0.15, 0.2) is 59.2 Å². The Balaban J connectivity index is 1.50. The summed E-state index contributed by atoms with van der Waals surface area (Å²) < 4.78 is 1.73. The zero-order chi connectivity index (χ0) is 19.9. The molecule has 0 aliphatic heterocycles. The van der Waals surface area contributed by atoms with Crippen molar-refractivity contribution in [3.8, 4) is 0 Å². The molecule has 1 aromatic heterocycles. The second kappa shape index (κ2) is 9.08. The lowest BCUT2D eigenvalue weighted by Crippen LogP contribution is -2.19. The van der Waals surface area contributed by atoms with Gasteiger partial charge in [-0.3, -0.25) is 4.79 Å². The molecule has 1 N–H and O–H groups in total. The molecule has 3 rings (SSSR count). The fourth-order valence-electron chi connectivity index (χ4n) is 2.83. The van der Waals surface area contributed by atoms with E-state index in [9.17, 15) is 4.79 Å². The van der Waals surface area contributed by atoms with Crippen LogP contribution in [-0.4, -0.2) is 27.1 Å². The number of fused-ring (bicyclic) bond motifs is 1. The third-order valence-electron chi connectivity index (χ3n) is 4.43. The molecular weight excluding hydrogens is 350 g/mol. The first-order valence-corrected chi connectivity index (χ1v) is 9.41. The SMILES string of the molecule is CC(/C=N\NC(=O)CCn1nnc2ccccc21)=C\c1ccc(C(C)C)cc1. The number of carbonyl (C=O) groups excluding carboxylic acids is 1. The van der Waals surface area contributed by atoms with Crippen LogP contribution in [0.25, 0.3) is 17.1 Å². The number of hydrazone groups is 1. The predicted octanol–water partition coefficient (Wildman–Crippen LogP) is 4.15. The van der Waals surface area contributed by atoms with Gasteiger partial charge in [0.25, 0.3) is 0 Å². The molecule has 1 amide bonds. The van der Waals surface area contributed by atoms with Gasteiger partial charge in [0.05, 0.1) is 18.3 Å². The number of aryl methyl sites for hydroxylation is 1. The average molecular weight is 375 g/mol. The zero-order valence-corrected chi connectivity index (χ0v) is 16.5. The highest BCUT2D eigenvalue weighted by atomic mass is 16.2. The molecule has 0 fully saturated rings. The number of hydrogen-bond acceptors (Lipinski definition) is 4. The minimum absolute atomic E-state index is 0.162. The maximum Gasteiger partial charge on any atom is 0.241 e. The number of para-hydroxylation sites is 1. The molecule has 28 heavy (non-hydrogen) atoms. The highest BCUT2D eigenvalue weighted by Crippen LogP contribution is 2.16. The molecule has 0 aliphatic rings. The number of nitrogens with zero attached hydrogens (tertiary/aromatic N) is 4. The molecule has 144 valence electrons. The van der Waals surface area contributed by atoms with Gasteiger partial charge in [0.2, 0.25) is 5.91 Å². The Labute approximate surface area is 165 Å². The molecular formula is C22H25N5O. The molecule has 0 unspecified atom stereocenters. The summed E-state index contributed by atoms with van der Waals surface area (Å²) in [5.41, 5.74) is 7.68. The average Bonchev–Trinajstić information content (AvgIpc) is 3.10. The lowest BCUT2D eigenvalue weighted by atomic mass is 10.0. The van der Waals surface area contributed by atoms with E-state index < -0.39 is 0 Å². The Morgan fingerprint density at radius 1 is 1.18 bits per heavy atom. The summed E-state index contributed by atoms with van der Waals surface area (Å²) in [5.74, 6) is 0.358. The monoisotopic (exact) mass is 375 g/mol.